The third-order valence-corrected chi connectivity index (χ3v) is 6.59. The fraction of sp³-hybridized carbons (Fsp3) is 0.696. The molecule has 0 aromatic carbocycles. The number of aromatic nitrogens is 1. The second-order valence-electron chi connectivity index (χ2n) is 8.73. The summed E-state index contributed by atoms with van der Waals surface area (Å²) < 4.78 is 0. The van der Waals surface area contributed by atoms with E-state index in [0.717, 1.165) is 31.2 Å². The minimum atomic E-state index is 0. The van der Waals surface area contributed by atoms with Gasteiger partial charge in [0.1, 0.15) is 0 Å². The van der Waals surface area contributed by atoms with Crippen LogP contribution in [0.25, 0.3) is 0 Å². The van der Waals surface area contributed by atoms with Crippen LogP contribution in [0.2, 0.25) is 0 Å². The van der Waals surface area contributed by atoms with Gasteiger partial charge in [-0.05, 0) is 43.2 Å². The second kappa shape index (κ2) is 12.5. The topological polar surface area (TPSA) is 60.8 Å². The zero-order valence-corrected chi connectivity index (χ0v) is 20.9. The van der Waals surface area contributed by atoms with Crippen LogP contribution in [0.5, 0.6) is 0 Å². The highest BCUT2D eigenvalue weighted by molar-refractivity contribution is 14.0. The van der Waals surface area contributed by atoms with E-state index in [0.29, 0.717) is 12.0 Å². The predicted molar refractivity (Wildman–Crippen MR) is 133 cm³/mol. The van der Waals surface area contributed by atoms with Crippen LogP contribution in [0.4, 0.5) is 0 Å². The lowest BCUT2D eigenvalue weighted by molar-refractivity contribution is -0.128. The van der Waals surface area contributed by atoms with Crippen LogP contribution in [0.3, 0.4) is 0 Å². The summed E-state index contributed by atoms with van der Waals surface area (Å²) in [6.45, 7) is 3.07. The molecule has 168 valence electrons. The van der Waals surface area contributed by atoms with Crippen LogP contribution >= 0.6 is 24.0 Å². The van der Waals surface area contributed by atoms with E-state index < -0.39 is 0 Å². The Kier molecular flexibility index (Phi) is 10.3. The molecule has 0 bridgehead atoms. The molecule has 2 fully saturated rings. The van der Waals surface area contributed by atoms with E-state index >= 15 is 0 Å². The number of likely N-dealkylation sites (N-methyl/N-ethyl adjacent to an activating group) is 1. The number of rotatable bonds is 5. The molecule has 3 rings (SSSR count). The van der Waals surface area contributed by atoms with Crippen LogP contribution in [0, 0.1) is 5.41 Å². The quantitative estimate of drug-likeness (QED) is 0.361. The van der Waals surface area contributed by atoms with Gasteiger partial charge in [0.05, 0.1) is 6.54 Å². The van der Waals surface area contributed by atoms with Gasteiger partial charge >= 0.3 is 0 Å². The molecule has 30 heavy (non-hydrogen) atoms. The number of carbonyl (C=O) groups excluding carboxylic acids is 1. The molecule has 1 aliphatic heterocycles. The zero-order chi connectivity index (χ0) is 20.5. The van der Waals surface area contributed by atoms with Gasteiger partial charge in [0.15, 0.2) is 5.96 Å². The number of hydrogen-bond donors (Lipinski definition) is 1. The first kappa shape index (κ1) is 24.9. The Morgan fingerprint density at radius 1 is 1.20 bits per heavy atom. The number of likely N-dealkylation sites (tertiary alicyclic amines) is 1. The minimum Gasteiger partial charge on any atom is -0.347 e. The molecule has 7 heteroatoms. The van der Waals surface area contributed by atoms with Gasteiger partial charge < -0.3 is 15.1 Å². The summed E-state index contributed by atoms with van der Waals surface area (Å²) >= 11 is 0. The van der Waals surface area contributed by atoms with E-state index in [2.05, 4.69) is 20.2 Å². The van der Waals surface area contributed by atoms with Crippen LogP contribution in [0.1, 0.15) is 57.1 Å². The molecule has 1 aromatic rings. The number of piperidine rings is 1. The van der Waals surface area contributed by atoms with Gasteiger partial charge in [0.2, 0.25) is 5.91 Å². The number of halogens is 1. The summed E-state index contributed by atoms with van der Waals surface area (Å²) in [5.74, 6) is 0.961. The van der Waals surface area contributed by atoms with E-state index in [9.17, 15) is 4.79 Å². The van der Waals surface area contributed by atoms with Crippen molar-refractivity contribution in [1.29, 1.82) is 0 Å². The second-order valence-corrected chi connectivity index (χ2v) is 8.73. The summed E-state index contributed by atoms with van der Waals surface area (Å²) in [6.07, 6.45) is 13.3. The highest BCUT2D eigenvalue weighted by Gasteiger charge is 2.36. The van der Waals surface area contributed by atoms with E-state index in [1.165, 1.54) is 51.4 Å². The normalized spacial score (nSPS) is 19.0. The number of carbonyl (C=O) groups is 1. The van der Waals surface area contributed by atoms with Crippen molar-refractivity contribution in [3.8, 4) is 0 Å². The van der Waals surface area contributed by atoms with Crippen LogP contribution < -0.4 is 5.32 Å². The van der Waals surface area contributed by atoms with Gasteiger partial charge in [-0.1, -0.05) is 31.7 Å². The Morgan fingerprint density at radius 2 is 1.93 bits per heavy atom. The lowest BCUT2D eigenvalue weighted by Gasteiger charge is -2.44. The Bertz CT molecular complexity index is 673. The number of nitrogens with zero attached hydrogens (tertiary/aromatic N) is 4. The number of aliphatic imine (C=N–C) groups is 1. The molecular weight excluding hydrogens is 489 g/mol. The fourth-order valence-corrected chi connectivity index (χ4v) is 4.85. The summed E-state index contributed by atoms with van der Waals surface area (Å²) in [7, 11) is 3.68. The van der Waals surface area contributed by atoms with Crippen molar-refractivity contribution >= 4 is 35.8 Å². The van der Waals surface area contributed by atoms with E-state index in [-0.39, 0.29) is 36.4 Å². The highest BCUT2D eigenvalue weighted by atomic mass is 127. The standard InChI is InChI=1S/C23H37N5O.HI/c1-24-22(28-16-9-14-23(19-28)12-6-3-4-7-13-23)26-18-21(29)27(2)17-11-20-10-5-8-15-25-20;/h5,8,10,15H,3-4,6-7,9,11-14,16-19H2,1-2H3,(H,24,26);1H. The molecular formula is C23H38IN5O. The third-order valence-electron chi connectivity index (χ3n) is 6.59. The predicted octanol–water partition coefficient (Wildman–Crippen LogP) is 3.71. The number of hydrogen-bond acceptors (Lipinski definition) is 3. The van der Waals surface area contributed by atoms with Crippen molar-refractivity contribution in [3.05, 3.63) is 30.1 Å². The lowest BCUT2D eigenvalue weighted by Crippen LogP contribution is -2.52. The maximum absolute atomic E-state index is 12.6. The first-order chi connectivity index (χ1) is 14.1. The van der Waals surface area contributed by atoms with Gasteiger partial charge in [-0.2, -0.15) is 0 Å². The molecule has 2 aliphatic rings. The SMILES string of the molecule is CN=C(NCC(=O)N(C)CCc1ccccn1)N1CCCC2(CCCCCC2)C1.I. The Balaban J connectivity index is 0.00000320. The molecule has 1 spiro atoms. The van der Waals surface area contributed by atoms with Crippen molar-refractivity contribution < 1.29 is 4.79 Å². The summed E-state index contributed by atoms with van der Waals surface area (Å²) in [6, 6.07) is 5.89. The molecule has 1 saturated heterocycles. The molecule has 2 heterocycles. The largest absolute Gasteiger partial charge is 0.347 e. The first-order valence-corrected chi connectivity index (χ1v) is 11.2. The maximum Gasteiger partial charge on any atom is 0.241 e. The van der Waals surface area contributed by atoms with Crippen LogP contribution in [0.15, 0.2) is 29.4 Å². The smallest absolute Gasteiger partial charge is 0.241 e. The van der Waals surface area contributed by atoms with E-state index in [1.54, 1.807) is 11.1 Å². The van der Waals surface area contributed by atoms with Gasteiger partial charge in [0.25, 0.3) is 0 Å². The molecule has 0 radical (unpaired) electrons. The molecule has 1 amide bonds. The van der Waals surface area contributed by atoms with Crippen LogP contribution in [-0.2, 0) is 11.2 Å². The van der Waals surface area contributed by atoms with E-state index in [1.807, 2.05) is 32.3 Å². The molecule has 6 nitrogen and oxygen atoms in total. The lowest BCUT2D eigenvalue weighted by atomic mass is 9.74. The third kappa shape index (κ3) is 7.10. The van der Waals surface area contributed by atoms with Crippen molar-refractivity contribution in [1.82, 2.24) is 20.1 Å². The molecule has 1 aliphatic carbocycles. The number of pyridine rings is 1. The van der Waals surface area contributed by atoms with Crippen LogP contribution in [-0.4, -0.2) is 66.9 Å². The van der Waals surface area contributed by atoms with Gasteiger partial charge in [-0.3, -0.25) is 14.8 Å². The van der Waals surface area contributed by atoms with Gasteiger partial charge in [0, 0.05) is 52.0 Å². The Labute approximate surface area is 198 Å². The molecule has 1 N–H and O–H groups in total. The number of guanidine groups is 1. The highest BCUT2D eigenvalue weighted by Crippen LogP contribution is 2.42. The number of nitrogens with one attached hydrogen (secondary N) is 1. The average molecular weight is 527 g/mol. The maximum atomic E-state index is 12.6. The molecule has 0 unspecified atom stereocenters. The zero-order valence-electron chi connectivity index (χ0n) is 18.6. The van der Waals surface area contributed by atoms with Crippen molar-refractivity contribution in [3.63, 3.8) is 0 Å². The molecule has 1 aromatic heterocycles. The Morgan fingerprint density at radius 3 is 2.60 bits per heavy atom. The summed E-state index contributed by atoms with van der Waals surface area (Å²) in [5, 5.41) is 3.32. The minimum absolute atomic E-state index is 0. The van der Waals surface area contributed by atoms with Gasteiger partial charge in [-0.15, -0.1) is 24.0 Å². The van der Waals surface area contributed by atoms with E-state index in [4.69, 9.17) is 0 Å². The fourth-order valence-electron chi connectivity index (χ4n) is 4.85. The monoisotopic (exact) mass is 527 g/mol. The Hall–Kier alpha value is -1.38. The molecule has 1 saturated carbocycles. The average Bonchev–Trinajstić information content (AvgIpc) is 2.98. The summed E-state index contributed by atoms with van der Waals surface area (Å²) in [4.78, 5) is 25.6. The molecule has 0 atom stereocenters. The number of amides is 1. The van der Waals surface area contributed by atoms with Crippen molar-refractivity contribution in [2.45, 2.75) is 57.8 Å². The van der Waals surface area contributed by atoms with Crippen molar-refractivity contribution in [2.75, 3.05) is 40.3 Å². The first-order valence-electron chi connectivity index (χ1n) is 11.2. The summed E-state index contributed by atoms with van der Waals surface area (Å²) in [5.41, 5.74) is 1.47. The van der Waals surface area contributed by atoms with Crippen molar-refractivity contribution in [2.24, 2.45) is 10.4 Å². The van der Waals surface area contributed by atoms with Gasteiger partial charge in [-0.25, -0.2) is 0 Å².